The van der Waals surface area contributed by atoms with Crippen molar-refractivity contribution >= 4 is 39.1 Å². The first kappa shape index (κ1) is 25.8. The summed E-state index contributed by atoms with van der Waals surface area (Å²) in [6, 6.07) is 4.97. The van der Waals surface area contributed by atoms with Gasteiger partial charge in [-0.3, -0.25) is 4.79 Å². The van der Waals surface area contributed by atoms with E-state index in [1.165, 1.54) is 10.7 Å². The average Bonchev–Trinajstić information content (AvgIpc) is 2.73. The number of hydrogen-bond donors (Lipinski definition) is 1. The Hall–Kier alpha value is -0.860. The first-order chi connectivity index (χ1) is 15.2. The zero-order valence-electron chi connectivity index (χ0n) is 19.0. The molecule has 0 radical (unpaired) electrons. The highest BCUT2D eigenvalue weighted by molar-refractivity contribution is 7.88. The van der Waals surface area contributed by atoms with Gasteiger partial charge in [0.05, 0.1) is 5.75 Å². The van der Waals surface area contributed by atoms with Gasteiger partial charge in [-0.2, -0.15) is 0 Å². The quantitative estimate of drug-likeness (QED) is 0.543. The molecule has 6 nitrogen and oxygen atoms in total. The predicted molar refractivity (Wildman–Crippen MR) is 130 cm³/mol. The maximum Gasteiger partial charge on any atom is 0.223 e. The van der Waals surface area contributed by atoms with Crippen molar-refractivity contribution in [1.82, 2.24) is 14.5 Å². The Kier molecular flexibility index (Phi) is 9.27. The third kappa shape index (κ3) is 7.07. The smallest absolute Gasteiger partial charge is 0.223 e. The molecule has 0 unspecified atom stereocenters. The van der Waals surface area contributed by atoms with E-state index in [1.807, 2.05) is 0 Å². The summed E-state index contributed by atoms with van der Waals surface area (Å²) >= 11 is 12.3. The van der Waals surface area contributed by atoms with Crippen LogP contribution in [0, 0.1) is 17.8 Å². The van der Waals surface area contributed by atoms with Gasteiger partial charge in [0.15, 0.2) is 0 Å². The number of rotatable bonds is 8. The fourth-order valence-corrected chi connectivity index (χ4v) is 7.29. The fraction of sp³-hybridized carbons (Fsp3) is 0.696. The molecule has 0 aromatic heterocycles. The summed E-state index contributed by atoms with van der Waals surface area (Å²) in [5, 5.41) is 3.76. The van der Waals surface area contributed by atoms with Crippen LogP contribution >= 0.6 is 23.2 Å². The van der Waals surface area contributed by atoms with E-state index in [-0.39, 0.29) is 17.6 Å². The zero-order chi connectivity index (χ0) is 23.3. The van der Waals surface area contributed by atoms with Crippen molar-refractivity contribution in [3.05, 3.63) is 33.8 Å². The number of carbonyl (C=O) groups is 1. The van der Waals surface area contributed by atoms with E-state index in [4.69, 9.17) is 23.2 Å². The van der Waals surface area contributed by atoms with E-state index in [1.54, 1.807) is 18.2 Å². The molecule has 2 heterocycles. The first-order valence-corrected chi connectivity index (χ1v) is 13.9. The molecule has 2 aliphatic rings. The summed E-state index contributed by atoms with van der Waals surface area (Å²) in [5.41, 5.74) is 0.424. The number of piperidine rings is 2. The lowest BCUT2D eigenvalue weighted by atomic mass is 9.92. The SMILES string of the molecule is C[C@H]1C[C@H](C)CN(CCCNC(=O)C2CCN(S(=O)(=O)Cc3c(Cl)cccc3Cl)CC2)C1. The van der Waals surface area contributed by atoms with Crippen LogP contribution in [0.25, 0.3) is 0 Å². The summed E-state index contributed by atoms with van der Waals surface area (Å²) < 4.78 is 27.1. The maximum atomic E-state index is 12.8. The van der Waals surface area contributed by atoms with E-state index < -0.39 is 10.0 Å². The van der Waals surface area contributed by atoms with Crippen molar-refractivity contribution in [3.8, 4) is 0 Å². The fourth-order valence-electron chi connectivity index (χ4n) is 4.97. The Balaban J connectivity index is 1.40. The molecule has 2 atom stereocenters. The molecule has 9 heteroatoms. The van der Waals surface area contributed by atoms with E-state index in [0.717, 1.165) is 37.9 Å². The van der Waals surface area contributed by atoms with Crippen LogP contribution in [0.15, 0.2) is 18.2 Å². The molecule has 1 N–H and O–H groups in total. The molecule has 0 spiro atoms. The lowest BCUT2D eigenvalue weighted by molar-refractivity contribution is -0.126. The van der Waals surface area contributed by atoms with E-state index in [0.29, 0.717) is 48.1 Å². The molecule has 2 fully saturated rings. The van der Waals surface area contributed by atoms with Gasteiger partial charge < -0.3 is 10.2 Å². The highest BCUT2D eigenvalue weighted by Crippen LogP contribution is 2.29. The van der Waals surface area contributed by atoms with Crippen LogP contribution in [0.3, 0.4) is 0 Å². The predicted octanol–water partition coefficient (Wildman–Crippen LogP) is 4.02. The molecule has 1 amide bonds. The average molecular weight is 505 g/mol. The number of amides is 1. The highest BCUT2D eigenvalue weighted by Gasteiger charge is 2.32. The minimum Gasteiger partial charge on any atom is -0.356 e. The van der Waals surface area contributed by atoms with Crippen molar-refractivity contribution in [1.29, 1.82) is 0 Å². The first-order valence-electron chi connectivity index (χ1n) is 11.6. The van der Waals surface area contributed by atoms with Crippen molar-refractivity contribution < 1.29 is 13.2 Å². The lowest BCUT2D eigenvalue weighted by Gasteiger charge is -2.35. The number of sulfonamides is 1. The second kappa shape index (κ2) is 11.5. The van der Waals surface area contributed by atoms with E-state index in [2.05, 4.69) is 24.1 Å². The largest absolute Gasteiger partial charge is 0.356 e. The van der Waals surface area contributed by atoms with E-state index in [9.17, 15) is 13.2 Å². The molecule has 1 aromatic carbocycles. The molecule has 0 bridgehead atoms. The Morgan fingerprint density at radius 1 is 1.09 bits per heavy atom. The second-order valence-corrected chi connectivity index (χ2v) is 12.3. The van der Waals surface area contributed by atoms with Gasteiger partial charge in [-0.1, -0.05) is 43.1 Å². The lowest BCUT2D eigenvalue weighted by Crippen LogP contribution is -2.44. The molecule has 1 aromatic rings. The topological polar surface area (TPSA) is 69.7 Å². The van der Waals surface area contributed by atoms with Crippen LogP contribution in [0.4, 0.5) is 0 Å². The molecule has 0 aliphatic carbocycles. The summed E-state index contributed by atoms with van der Waals surface area (Å²) in [4.78, 5) is 15.1. The summed E-state index contributed by atoms with van der Waals surface area (Å²) in [6.45, 7) is 9.26. The van der Waals surface area contributed by atoms with Crippen LogP contribution in [-0.4, -0.2) is 62.8 Å². The van der Waals surface area contributed by atoms with Crippen molar-refractivity contribution in [3.63, 3.8) is 0 Å². The monoisotopic (exact) mass is 503 g/mol. The minimum absolute atomic E-state index is 0.0385. The number of likely N-dealkylation sites (tertiary alicyclic amines) is 1. The number of benzene rings is 1. The number of carbonyl (C=O) groups excluding carboxylic acids is 1. The minimum atomic E-state index is -3.55. The summed E-state index contributed by atoms with van der Waals surface area (Å²) in [5.74, 6) is 1.15. The molecular formula is C23H35Cl2N3O3S. The van der Waals surface area contributed by atoms with Crippen LogP contribution in [0.5, 0.6) is 0 Å². The molecular weight excluding hydrogens is 469 g/mol. The number of hydrogen-bond acceptors (Lipinski definition) is 4. The Morgan fingerprint density at radius 3 is 2.28 bits per heavy atom. The number of nitrogens with one attached hydrogen (secondary N) is 1. The van der Waals surface area contributed by atoms with Gasteiger partial charge in [-0.25, -0.2) is 12.7 Å². The molecule has 2 saturated heterocycles. The van der Waals surface area contributed by atoms with Crippen LogP contribution in [0.2, 0.25) is 10.0 Å². The Morgan fingerprint density at radius 2 is 1.69 bits per heavy atom. The number of halogens is 2. The Bertz CT molecular complexity index is 858. The van der Waals surface area contributed by atoms with Gasteiger partial charge in [0.25, 0.3) is 0 Å². The third-order valence-corrected chi connectivity index (χ3v) is 9.01. The van der Waals surface area contributed by atoms with Gasteiger partial charge in [0.1, 0.15) is 0 Å². The van der Waals surface area contributed by atoms with Gasteiger partial charge in [0, 0.05) is 54.3 Å². The molecule has 180 valence electrons. The van der Waals surface area contributed by atoms with Gasteiger partial charge in [-0.15, -0.1) is 0 Å². The van der Waals surface area contributed by atoms with Crippen LogP contribution in [-0.2, 0) is 20.6 Å². The molecule has 3 rings (SSSR count). The summed E-state index contributed by atoms with van der Waals surface area (Å²) in [6.07, 6.45) is 3.30. The third-order valence-electron chi connectivity index (χ3n) is 6.50. The van der Waals surface area contributed by atoms with E-state index >= 15 is 0 Å². The standard InChI is InChI=1S/C23H35Cl2N3O3S/c1-17-13-18(2)15-27(14-17)10-4-9-26-23(29)19-7-11-28(12-8-19)32(30,31)16-20-21(24)5-3-6-22(20)25/h3,5-6,17-19H,4,7-16H2,1-2H3,(H,26,29)/t17-,18-/m0/s1. The van der Waals surface area contributed by atoms with Crippen molar-refractivity contribution in [2.75, 3.05) is 39.3 Å². The molecule has 2 aliphatic heterocycles. The normalized spacial score (nSPS) is 23.9. The second-order valence-electron chi connectivity index (χ2n) is 9.48. The number of nitrogens with zero attached hydrogens (tertiary/aromatic N) is 2. The highest BCUT2D eigenvalue weighted by atomic mass is 35.5. The van der Waals surface area contributed by atoms with Gasteiger partial charge in [-0.05, 0) is 56.2 Å². The van der Waals surface area contributed by atoms with Crippen LogP contribution < -0.4 is 5.32 Å². The van der Waals surface area contributed by atoms with Gasteiger partial charge >= 0.3 is 0 Å². The van der Waals surface area contributed by atoms with Gasteiger partial charge in [0.2, 0.25) is 15.9 Å². The van der Waals surface area contributed by atoms with Crippen molar-refractivity contribution in [2.24, 2.45) is 17.8 Å². The Labute approximate surface area is 202 Å². The maximum absolute atomic E-state index is 12.8. The molecule has 32 heavy (non-hydrogen) atoms. The molecule has 0 saturated carbocycles. The van der Waals surface area contributed by atoms with Crippen molar-refractivity contribution in [2.45, 2.75) is 45.3 Å². The summed E-state index contributed by atoms with van der Waals surface area (Å²) in [7, 11) is -3.55. The van der Waals surface area contributed by atoms with Crippen LogP contribution in [0.1, 0.15) is 45.1 Å². The zero-order valence-corrected chi connectivity index (χ0v) is 21.4.